The zero-order valence-corrected chi connectivity index (χ0v) is 17.1. The number of rotatable bonds is 4. The summed E-state index contributed by atoms with van der Waals surface area (Å²) in [6, 6.07) is 17.1. The van der Waals surface area contributed by atoms with Gasteiger partial charge in [-0.3, -0.25) is 9.69 Å². The first-order valence-corrected chi connectivity index (χ1v) is 10.8. The number of amides is 1. The molecule has 28 heavy (non-hydrogen) atoms. The Morgan fingerprint density at radius 1 is 1.04 bits per heavy atom. The molecule has 0 aromatic heterocycles. The van der Waals surface area contributed by atoms with Gasteiger partial charge in [0.2, 0.25) is 5.91 Å². The van der Waals surface area contributed by atoms with Gasteiger partial charge >= 0.3 is 0 Å². The van der Waals surface area contributed by atoms with E-state index in [1.807, 2.05) is 12.1 Å². The summed E-state index contributed by atoms with van der Waals surface area (Å²) in [7, 11) is 0. The van der Waals surface area contributed by atoms with Crippen molar-refractivity contribution >= 4 is 17.5 Å². The van der Waals surface area contributed by atoms with Gasteiger partial charge in [0.1, 0.15) is 0 Å². The minimum absolute atomic E-state index is 0.231. The number of carbonyl (C=O) groups excluding carboxylic acids is 1. The largest absolute Gasteiger partial charge is 0.335 e. The van der Waals surface area contributed by atoms with Crippen LogP contribution in [0.2, 0.25) is 5.02 Å². The minimum Gasteiger partial charge on any atom is -0.335 e. The topological polar surface area (TPSA) is 23.6 Å². The van der Waals surface area contributed by atoms with E-state index >= 15 is 0 Å². The van der Waals surface area contributed by atoms with E-state index in [2.05, 4.69) is 53.1 Å². The first-order valence-electron chi connectivity index (χ1n) is 10.4. The fraction of sp³-hybridized carbons (Fsp3) is 0.458. The summed E-state index contributed by atoms with van der Waals surface area (Å²) in [4.78, 5) is 17.8. The highest BCUT2D eigenvalue weighted by atomic mass is 35.5. The van der Waals surface area contributed by atoms with E-state index in [9.17, 15) is 4.79 Å². The number of fused-ring (bicyclic) bond motifs is 1. The molecule has 2 heterocycles. The number of aryl methyl sites for hydroxylation is 1. The molecule has 0 bridgehead atoms. The SMILES string of the molecule is Cc1ccccc1[C@@H]1[C@H]2CN(Cc3ccc(Cl)cc3)C[C@H]2CN1C(=O)C1CC1. The van der Waals surface area contributed by atoms with E-state index < -0.39 is 0 Å². The standard InChI is InChI=1S/C24H27ClN2O/c1-16-4-2-3-5-21(16)23-22-15-26(12-17-6-10-20(25)11-7-17)13-19(22)14-27(23)24(28)18-8-9-18/h2-7,10-11,18-19,22-23H,8-9,12-15H2,1H3/t19-,22-,23+/m0/s1. The molecule has 0 unspecified atom stereocenters. The lowest BCUT2D eigenvalue weighted by Crippen LogP contribution is -2.36. The van der Waals surface area contributed by atoms with Crippen molar-refractivity contribution in [3.05, 3.63) is 70.2 Å². The van der Waals surface area contributed by atoms with Crippen molar-refractivity contribution in [3.8, 4) is 0 Å². The summed E-state index contributed by atoms with van der Waals surface area (Å²) in [5, 5.41) is 0.788. The Morgan fingerprint density at radius 2 is 1.79 bits per heavy atom. The molecule has 1 amide bonds. The molecule has 0 spiro atoms. The van der Waals surface area contributed by atoms with Gasteiger partial charge in [-0.25, -0.2) is 0 Å². The van der Waals surface area contributed by atoms with E-state index in [0.29, 0.717) is 17.7 Å². The third-order valence-electron chi connectivity index (χ3n) is 6.78. The second-order valence-electron chi connectivity index (χ2n) is 8.81. The number of nitrogens with zero attached hydrogens (tertiary/aromatic N) is 2. The van der Waals surface area contributed by atoms with E-state index in [0.717, 1.165) is 44.0 Å². The van der Waals surface area contributed by atoms with Gasteiger partial charge in [0, 0.05) is 43.0 Å². The van der Waals surface area contributed by atoms with Crippen molar-refractivity contribution in [1.29, 1.82) is 0 Å². The second-order valence-corrected chi connectivity index (χ2v) is 9.25. The van der Waals surface area contributed by atoms with Crippen LogP contribution >= 0.6 is 11.6 Å². The molecular formula is C24H27ClN2O. The first kappa shape index (κ1) is 18.2. The number of likely N-dealkylation sites (tertiary alicyclic amines) is 2. The van der Waals surface area contributed by atoms with E-state index in [1.54, 1.807) is 0 Å². The highest BCUT2D eigenvalue weighted by molar-refractivity contribution is 6.30. The molecule has 3 aliphatic rings. The molecule has 2 aliphatic heterocycles. The van der Waals surface area contributed by atoms with Crippen LogP contribution in [0.15, 0.2) is 48.5 Å². The molecule has 2 aromatic rings. The summed E-state index contributed by atoms with van der Waals surface area (Å²) < 4.78 is 0. The molecule has 0 N–H and O–H groups in total. The Bertz CT molecular complexity index is 876. The third kappa shape index (κ3) is 3.35. The second kappa shape index (κ2) is 7.20. The van der Waals surface area contributed by atoms with Crippen molar-refractivity contribution in [3.63, 3.8) is 0 Å². The number of hydrogen-bond acceptors (Lipinski definition) is 2. The van der Waals surface area contributed by atoms with Crippen molar-refractivity contribution in [1.82, 2.24) is 9.80 Å². The Hall–Kier alpha value is -1.84. The summed E-state index contributed by atoms with van der Waals surface area (Å²) in [6.45, 7) is 6.19. The molecule has 0 radical (unpaired) electrons. The molecule has 146 valence electrons. The number of halogens is 1. The van der Waals surface area contributed by atoms with Crippen LogP contribution in [0.3, 0.4) is 0 Å². The monoisotopic (exact) mass is 394 g/mol. The van der Waals surface area contributed by atoms with E-state index in [-0.39, 0.29) is 12.0 Å². The highest BCUT2D eigenvalue weighted by Gasteiger charge is 2.51. The Labute approximate surface area is 172 Å². The average Bonchev–Trinajstić information content (AvgIpc) is 3.38. The zero-order chi connectivity index (χ0) is 19.3. The van der Waals surface area contributed by atoms with E-state index in [4.69, 9.17) is 11.6 Å². The maximum absolute atomic E-state index is 13.0. The number of carbonyl (C=O) groups is 1. The first-order chi connectivity index (χ1) is 13.6. The molecule has 4 heteroatoms. The van der Waals surface area contributed by atoms with Crippen LogP contribution in [-0.2, 0) is 11.3 Å². The highest BCUT2D eigenvalue weighted by Crippen LogP contribution is 2.48. The van der Waals surface area contributed by atoms with Crippen molar-refractivity contribution < 1.29 is 4.79 Å². The Balaban J connectivity index is 1.39. The van der Waals surface area contributed by atoms with Gasteiger partial charge in [-0.1, -0.05) is 48.0 Å². The molecule has 1 saturated carbocycles. The molecule has 1 aliphatic carbocycles. The molecule has 2 saturated heterocycles. The maximum Gasteiger partial charge on any atom is 0.226 e. The average molecular weight is 395 g/mol. The van der Waals surface area contributed by atoms with Crippen LogP contribution in [0.1, 0.15) is 35.6 Å². The minimum atomic E-state index is 0.231. The molecular weight excluding hydrogens is 368 g/mol. The molecule has 3 nitrogen and oxygen atoms in total. The maximum atomic E-state index is 13.0. The quantitative estimate of drug-likeness (QED) is 0.751. The van der Waals surface area contributed by atoms with Gasteiger partial charge in [0.15, 0.2) is 0 Å². The van der Waals surface area contributed by atoms with Crippen LogP contribution in [-0.4, -0.2) is 35.3 Å². The number of benzene rings is 2. The van der Waals surface area contributed by atoms with Crippen LogP contribution in [0, 0.1) is 24.7 Å². The predicted octanol–water partition coefficient (Wildman–Crippen LogP) is 4.69. The van der Waals surface area contributed by atoms with Crippen molar-refractivity contribution in [2.75, 3.05) is 19.6 Å². The summed E-state index contributed by atoms with van der Waals surface area (Å²) in [5.74, 6) is 1.78. The van der Waals surface area contributed by atoms with Crippen molar-refractivity contribution in [2.45, 2.75) is 32.4 Å². The van der Waals surface area contributed by atoms with Gasteiger partial charge < -0.3 is 4.90 Å². The summed E-state index contributed by atoms with van der Waals surface area (Å²) in [6.07, 6.45) is 2.15. The Kier molecular flexibility index (Phi) is 4.68. The van der Waals surface area contributed by atoms with Crippen LogP contribution < -0.4 is 0 Å². The van der Waals surface area contributed by atoms with Crippen LogP contribution in [0.5, 0.6) is 0 Å². The fourth-order valence-electron chi connectivity index (χ4n) is 5.22. The van der Waals surface area contributed by atoms with Gasteiger partial charge in [-0.2, -0.15) is 0 Å². The predicted molar refractivity (Wildman–Crippen MR) is 112 cm³/mol. The number of hydrogen-bond donors (Lipinski definition) is 0. The lowest BCUT2D eigenvalue weighted by molar-refractivity contribution is -0.134. The summed E-state index contributed by atoms with van der Waals surface area (Å²) in [5.41, 5.74) is 3.96. The lowest BCUT2D eigenvalue weighted by Gasteiger charge is -2.31. The van der Waals surface area contributed by atoms with Crippen LogP contribution in [0.4, 0.5) is 0 Å². The Morgan fingerprint density at radius 3 is 2.50 bits per heavy atom. The molecule has 3 atom stereocenters. The van der Waals surface area contributed by atoms with Crippen LogP contribution in [0.25, 0.3) is 0 Å². The van der Waals surface area contributed by atoms with Gasteiger partial charge in [0.25, 0.3) is 0 Å². The lowest BCUT2D eigenvalue weighted by atomic mass is 9.87. The third-order valence-corrected chi connectivity index (χ3v) is 7.03. The molecule has 5 rings (SSSR count). The fourth-order valence-corrected chi connectivity index (χ4v) is 5.35. The zero-order valence-electron chi connectivity index (χ0n) is 16.4. The van der Waals surface area contributed by atoms with E-state index in [1.165, 1.54) is 16.7 Å². The summed E-state index contributed by atoms with van der Waals surface area (Å²) >= 11 is 6.03. The van der Waals surface area contributed by atoms with Gasteiger partial charge in [-0.05, 0) is 54.5 Å². The normalized spacial score (nSPS) is 27.2. The van der Waals surface area contributed by atoms with Gasteiger partial charge in [-0.15, -0.1) is 0 Å². The van der Waals surface area contributed by atoms with Gasteiger partial charge in [0.05, 0.1) is 6.04 Å². The van der Waals surface area contributed by atoms with Crippen molar-refractivity contribution in [2.24, 2.45) is 17.8 Å². The molecule has 2 aromatic carbocycles. The molecule has 3 fully saturated rings. The smallest absolute Gasteiger partial charge is 0.226 e.